The number of nitrogens with zero attached hydrogens (tertiary/aromatic N) is 5. The Labute approximate surface area is 207 Å². The van der Waals surface area contributed by atoms with Crippen molar-refractivity contribution in [3.8, 4) is 23.1 Å². The second-order valence-corrected chi connectivity index (χ2v) is 8.57. The van der Waals surface area contributed by atoms with Crippen LogP contribution in [0.4, 0.5) is 0 Å². The van der Waals surface area contributed by atoms with Gasteiger partial charge in [0.2, 0.25) is 6.19 Å². The Morgan fingerprint density at radius 3 is 2.31 bits per heavy atom. The molecule has 0 atom stereocenters. The highest BCUT2D eigenvalue weighted by Crippen LogP contribution is 2.31. The van der Waals surface area contributed by atoms with E-state index in [-0.39, 0.29) is 18.4 Å². The van der Waals surface area contributed by atoms with Crippen molar-refractivity contribution in [2.45, 2.75) is 18.9 Å². The first-order valence-electron chi connectivity index (χ1n) is 9.75. The lowest BCUT2D eigenvalue weighted by atomic mass is 10.1. The maximum atomic E-state index is 9.32. The molecule has 1 aliphatic rings. The van der Waals surface area contributed by atoms with Crippen molar-refractivity contribution in [1.29, 1.82) is 5.26 Å². The quantitative estimate of drug-likeness (QED) is 0.284. The summed E-state index contributed by atoms with van der Waals surface area (Å²) in [6.45, 7) is 1.43. The van der Waals surface area contributed by atoms with Gasteiger partial charge in [-0.2, -0.15) is 15.4 Å². The fourth-order valence-electron chi connectivity index (χ4n) is 3.60. The van der Waals surface area contributed by atoms with Crippen LogP contribution in [-0.4, -0.2) is 39.6 Å². The highest BCUT2D eigenvalue weighted by molar-refractivity contribution is 6.35. The molecule has 0 radical (unpaired) electrons. The Morgan fingerprint density at radius 1 is 1.03 bits per heavy atom. The number of hydrogen-bond acceptors (Lipinski definition) is 4. The van der Waals surface area contributed by atoms with Crippen LogP contribution in [0.5, 0.6) is 0 Å². The molecule has 10 heteroatoms. The molecule has 1 aromatic heterocycles. The van der Waals surface area contributed by atoms with Crippen LogP contribution in [0.3, 0.4) is 0 Å². The minimum atomic E-state index is 0. The van der Waals surface area contributed by atoms with Gasteiger partial charge >= 0.3 is 0 Å². The Morgan fingerprint density at radius 2 is 1.69 bits per heavy atom. The van der Waals surface area contributed by atoms with Gasteiger partial charge < -0.3 is 10.6 Å². The summed E-state index contributed by atoms with van der Waals surface area (Å²) < 4.78 is 1.74. The van der Waals surface area contributed by atoms with Gasteiger partial charge in [0.25, 0.3) is 0 Å². The van der Waals surface area contributed by atoms with Gasteiger partial charge in [-0.1, -0.05) is 46.9 Å². The van der Waals surface area contributed by atoms with Gasteiger partial charge in [0, 0.05) is 34.7 Å². The van der Waals surface area contributed by atoms with E-state index in [9.17, 15) is 5.26 Å². The molecule has 0 spiro atoms. The van der Waals surface area contributed by atoms with E-state index in [1.807, 2.05) is 47.5 Å². The number of aliphatic imine (C=N–C) groups is 1. The third-order valence-electron chi connectivity index (χ3n) is 5.21. The molecule has 0 bridgehead atoms. The number of aromatic nitrogens is 2. The molecule has 3 aromatic rings. The Hall–Kier alpha value is -2.27. The van der Waals surface area contributed by atoms with E-state index in [4.69, 9.17) is 45.6 Å². The summed E-state index contributed by atoms with van der Waals surface area (Å²) in [7, 11) is 0. The molecule has 6 nitrogen and oxygen atoms in total. The molecule has 2 heterocycles. The predicted octanol–water partition coefficient (Wildman–Crippen LogP) is 5.57. The number of rotatable bonds is 3. The summed E-state index contributed by atoms with van der Waals surface area (Å²) in [5, 5.41) is 15.7. The van der Waals surface area contributed by atoms with E-state index < -0.39 is 0 Å². The largest absolute Gasteiger partial charge is 0.354 e. The van der Waals surface area contributed by atoms with E-state index in [1.165, 1.54) is 0 Å². The van der Waals surface area contributed by atoms with Gasteiger partial charge in [-0.15, -0.1) is 12.4 Å². The summed E-state index contributed by atoms with van der Waals surface area (Å²) >= 11 is 18.7. The average Bonchev–Trinajstić information content (AvgIpc) is 3.18. The van der Waals surface area contributed by atoms with Gasteiger partial charge in [-0.3, -0.25) is 0 Å². The Balaban J connectivity index is 0.00000289. The molecular formula is C22H20Cl4N6. The van der Waals surface area contributed by atoms with Crippen LogP contribution in [0, 0.1) is 11.5 Å². The van der Waals surface area contributed by atoms with Crippen molar-refractivity contribution in [2.24, 2.45) is 10.7 Å². The number of nitriles is 1. The maximum Gasteiger partial charge on any atom is 0.207 e. The van der Waals surface area contributed by atoms with Crippen LogP contribution in [0.15, 0.2) is 53.5 Å². The van der Waals surface area contributed by atoms with Crippen molar-refractivity contribution < 1.29 is 0 Å². The minimum Gasteiger partial charge on any atom is -0.354 e. The van der Waals surface area contributed by atoms with Crippen LogP contribution >= 0.6 is 47.2 Å². The molecular weight excluding hydrogens is 490 g/mol. The van der Waals surface area contributed by atoms with Crippen LogP contribution in [-0.2, 0) is 0 Å². The third-order valence-corrected chi connectivity index (χ3v) is 6.00. The molecule has 0 aliphatic carbocycles. The predicted molar refractivity (Wildman–Crippen MR) is 132 cm³/mol. The van der Waals surface area contributed by atoms with Crippen molar-refractivity contribution in [1.82, 2.24) is 14.7 Å². The van der Waals surface area contributed by atoms with E-state index in [1.54, 1.807) is 16.8 Å². The fourth-order valence-corrected chi connectivity index (χ4v) is 4.22. The molecule has 0 saturated carbocycles. The zero-order valence-electron chi connectivity index (χ0n) is 16.9. The SMILES string of the molecule is Cl.N#CN=C(c1cc(-c2ccc(Cl)cc2)n(-c2ccc(Cl)cc2Cl)n1)N1CCC(N)CC1. The molecule has 1 aliphatic heterocycles. The summed E-state index contributed by atoms with van der Waals surface area (Å²) in [4.78, 5) is 6.14. The van der Waals surface area contributed by atoms with Crippen molar-refractivity contribution in [3.63, 3.8) is 0 Å². The maximum absolute atomic E-state index is 9.32. The van der Waals surface area contributed by atoms with E-state index in [0.717, 1.165) is 24.1 Å². The summed E-state index contributed by atoms with van der Waals surface area (Å²) in [6, 6.07) is 14.7. The summed E-state index contributed by atoms with van der Waals surface area (Å²) in [5.41, 5.74) is 8.97. The van der Waals surface area contributed by atoms with E-state index in [2.05, 4.69) is 4.99 Å². The molecule has 0 amide bonds. The van der Waals surface area contributed by atoms with Crippen molar-refractivity contribution >= 4 is 53.0 Å². The molecule has 1 saturated heterocycles. The number of amidine groups is 1. The van der Waals surface area contributed by atoms with Crippen LogP contribution in [0.25, 0.3) is 16.9 Å². The molecule has 166 valence electrons. The van der Waals surface area contributed by atoms with Gasteiger partial charge in [0.1, 0.15) is 5.69 Å². The van der Waals surface area contributed by atoms with Gasteiger partial charge in [0.15, 0.2) is 5.84 Å². The van der Waals surface area contributed by atoms with E-state index >= 15 is 0 Å². The van der Waals surface area contributed by atoms with Gasteiger partial charge in [0.05, 0.1) is 16.4 Å². The number of piperidine rings is 1. The summed E-state index contributed by atoms with van der Waals surface area (Å²) in [5.74, 6) is 0.522. The normalized spacial score (nSPS) is 14.7. The smallest absolute Gasteiger partial charge is 0.207 e. The first-order chi connectivity index (χ1) is 15.0. The Bertz CT molecular complexity index is 1160. The number of hydrogen-bond donors (Lipinski definition) is 1. The first kappa shape index (κ1) is 24.4. The molecule has 2 N–H and O–H groups in total. The highest BCUT2D eigenvalue weighted by Gasteiger charge is 2.24. The third kappa shape index (κ3) is 5.20. The second kappa shape index (κ2) is 10.6. The van der Waals surface area contributed by atoms with Crippen LogP contribution in [0.2, 0.25) is 15.1 Å². The number of nitrogens with two attached hydrogens (primary N) is 1. The lowest BCUT2D eigenvalue weighted by molar-refractivity contribution is 0.313. The monoisotopic (exact) mass is 508 g/mol. The zero-order valence-corrected chi connectivity index (χ0v) is 20.0. The topological polar surface area (TPSA) is 83.2 Å². The minimum absolute atomic E-state index is 0. The second-order valence-electron chi connectivity index (χ2n) is 7.29. The number of likely N-dealkylation sites (tertiary alicyclic amines) is 1. The van der Waals surface area contributed by atoms with Crippen molar-refractivity contribution in [3.05, 3.63) is 69.3 Å². The molecule has 0 unspecified atom stereocenters. The number of halogens is 4. The van der Waals surface area contributed by atoms with Gasteiger partial charge in [-0.05, 0) is 49.2 Å². The van der Waals surface area contributed by atoms with Crippen LogP contribution < -0.4 is 5.73 Å². The lowest BCUT2D eigenvalue weighted by Crippen LogP contribution is -2.43. The molecule has 32 heavy (non-hydrogen) atoms. The molecule has 4 rings (SSSR count). The van der Waals surface area contributed by atoms with Gasteiger partial charge in [-0.25, -0.2) is 4.68 Å². The lowest BCUT2D eigenvalue weighted by Gasteiger charge is -2.31. The van der Waals surface area contributed by atoms with Crippen molar-refractivity contribution in [2.75, 3.05) is 13.1 Å². The highest BCUT2D eigenvalue weighted by atomic mass is 35.5. The van der Waals surface area contributed by atoms with E-state index in [0.29, 0.717) is 45.4 Å². The molecule has 2 aromatic carbocycles. The average molecular weight is 510 g/mol. The zero-order chi connectivity index (χ0) is 22.0. The fraction of sp³-hybridized carbons (Fsp3) is 0.227. The first-order valence-corrected chi connectivity index (χ1v) is 10.9. The van der Waals surface area contributed by atoms with Crippen LogP contribution in [0.1, 0.15) is 18.5 Å². The standard InChI is InChI=1S/C22H19Cl3N6.ClH/c23-15-3-1-14(2-4-15)21-12-19(22(28-13-26)30-9-7-17(27)8-10-30)29-31(21)20-6-5-16(24)11-18(20)25;/h1-6,11-12,17H,7-10,27H2;1H. The molecule has 1 fully saturated rings. The Kier molecular flexibility index (Phi) is 8.05. The summed E-state index contributed by atoms with van der Waals surface area (Å²) in [6.07, 6.45) is 3.58. The number of benzene rings is 2.